The third-order valence-electron chi connectivity index (χ3n) is 4.20. The zero-order valence-corrected chi connectivity index (χ0v) is 14.8. The Kier molecular flexibility index (Phi) is 6.08. The van der Waals surface area contributed by atoms with Crippen LogP contribution in [-0.4, -0.2) is 19.6 Å². The molecule has 1 fully saturated rings. The molecule has 2 N–H and O–H groups in total. The highest BCUT2D eigenvalue weighted by molar-refractivity contribution is 9.10. The van der Waals surface area contributed by atoms with Crippen molar-refractivity contribution in [3.05, 3.63) is 64.1 Å². The molecule has 1 saturated heterocycles. The number of ether oxygens (including phenoxy) is 1. The SMILES string of the molecule is Brc1ccccc1COc1ccc(CNCC2CCNC2)cc1. The Morgan fingerprint density at radius 3 is 2.70 bits per heavy atom. The van der Waals surface area contributed by atoms with Gasteiger partial charge in [-0.05, 0) is 55.7 Å². The van der Waals surface area contributed by atoms with Gasteiger partial charge in [-0.1, -0.05) is 46.3 Å². The molecule has 0 aliphatic carbocycles. The van der Waals surface area contributed by atoms with Gasteiger partial charge in [0.25, 0.3) is 0 Å². The average molecular weight is 375 g/mol. The number of hydrogen-bond acceptors (Lipinski definition) is 3. The fourth-order valence-electron chi connectivity index (χ4n) is 2.79. The summed E-state index contributed by atoms with van der Waals surface area (Å²) in [6, 6.07) is 16.5. The lowest BCUT2D eigenvalue weighted by molar-refractivity contribution is 0.305. The maximum absolute atomic E-state index is 5.85. The summed E-state index contributed by atoms with van der Waals surface area (Å²) in [7, 11) is 0. The molecule has 4 heteroatoms. The molecule has 0 amide bonds. The Hall–Kier alpha value is -1.36. The van der Waals surface area contributed by atoms with Crippen LogP contribution in [0.5, 0.6) is 5.75 Å². The number of halogens is 1. The van der Waals surface area contributed by atoms with Gasteiger partial charge in [-0.2, -0.15) is 0 Å². The van der Waals surface area contributed by atoms with Crippen LogP contribution in [0, 0.1) is 5.92 Å². The lowest BCUT2D eigenvalue weighted by Gasteiger charge is -2.11. The van der Waals surface area contributed by atoms with Crippen LogP contribution in [0.3, 0.4) is 0 Å². The van der Waals surface area contributed by atoms with Crippen molar-refractivity contribution in [3.63, 3.8) is 0 Å². The van der Waals surface area contributed by atoms with Crippen molar-refractivity contribution in [1.29, 1.82) is 0 Å². The molecule has 0 bridgehead atoms. The molecule has 1 atom stereocenters. The van der Waals surface area contributed by atoms with Gasteiger partial charge in [-0.15, -0.1) is 0 Å². The predicted molar refractivity (Wildman–Crippen MR) is 97.6 cm³/mol. The van der Waals surface area contributed by atoms with Gasteiger partial charge < -0.3 is 15.4 Å². The highest BCUT2D eigenvalue weighted by Crippen LogP contribution is 2.19. The van der Waals surface area contributed by atoms with E-state index in [9.17, 15) is 0 Å². The van der Waals surface area contributed by atoms with E-state index >= 15 is 0 Å². The minimum atomic E-state index is 0.577. The van der Waals surface area contributed by atoms with Gasteiger partial charge in [0.05, 0.1) is 0 Å². The zero-order chi connectivity index (χ0) is 15.9. The molecule has 0 spiro atoms. The zero-order valence-electron chi connectivity index (χ0n) is 13.2. The molecule has 3 rings (SSSR count). The number of nitrogens with one attached hydrogen (secondary N) is 2. The monoisotopic (exact) mass is 374 g/mol. The Morgan fingerprint density at radius 2 is 1.96 bits per heavy atom. The van der Waals surface area contributed by atoms with Crippen LogP contribution < -0.4 is 15.4 Å². The van der Waals surface area contributed by atoms with E-state index in [-0.39, 0.29) is 0 Å². The second-order valence-electron chi connectivity index (χ2n) is 6.01. The van der Waals surface area contributed by atoms with Gasteiger partial charge in [0.15, 0.2) is 0 Å². The molecule has 0 saturated carbocycles. The Bertz CT molecular complexity index is 609. The minimum absolute atomic E-state index is 0.577. The van der Waals surface area contributed by atoms with E-state index in [1.54, 1.807) is 0 Å². The largest absolute Gasteiger partial charge is 0.489 e. The van der Waals surface area contributed by atoms with Crippen molar-refractivity contribution in [2.75, 3.05) is 19.6 Å². The van der Waals surface area contributed by atoms with Crippen molar-refractivity contribution >= 4 is 15.9 Å². The quantitative estimate of drug-likeness (QED) is 0.774. The van der Waals surface area contributed by atoms with Gasteiger partial charge in [0.2, 0.25) is 0 Å². The molecular weight excluding hydrogens is 352 g/mol. The minimum Gasteiger partial charge on any atom is -0.489 e. The summed E-state index contributed by atoms with van der Waals surface area (Å²) in [5.41, 5.74) is 2.45. The van der Waals surface area contributed by atoms with E-state index < -0.39 is 0 Å². The molecule has 1 heterocycles. The van der Waals surface area contributed by atoms with E-state index in [4.69, 9.17) is 4.74 Å². The molecule has 1 aliphatic rings. The van der Waals surface area contributed by atoms with Crippen LogP contribution in [0.1, 0.15) is 17.5 Å². The molecule has 23 heavy (non-hydrogen) atoms. The maximum Gasteiger partial charge on any atom is 0.119 e. The van der Waals surface area contributed by atoms with Gasteiger partial charge in [0.1, 0.15) is 12.4 Å². The number of benzene rings is 2. The van der Waals surface area contributed by atoms with Crippen LogP contribution >= 0.6 is 15.9 Å². The van der Waals surface area contributed by atoms with Gasteiger partial charge in [0, 0.05) is 16.6 Å². The first-order chi connectivity index (χ1) is 11.3. The van der Waals surface area contributed by atoms with Gasteiger partial charge >= 0.3 is 0 Å². The normalized spacial score (nSPS) is 17.3. The molecule has 3 nitrogen and oxygen atoms in total. The third-order valence-corrected chi connectivity index (χ3v) is 4.97. The maximum atomic E-state index is 5.85. The molecule has 122 valence electrons. The summed E-state index contributed by atoms with van der Waals surface area (Å²) in [6.07, 6.45) is 1.29. The number of hydrogen-bond donors (Lipinski definition) is 2. The highest BCUT2D eigenvalue weighted by atomic mass is 79.9. The molecule has 2 aromatic carbocycles. The standard InChI is InChI=1S/C19H23BrN2O/c20-19-4-2-1-3-17(19)14-23-18-7-5-15(6-8-18)11-22-13-16-9-10-21-12-16/h1-8,16,21-22H,9-14H2. The summed E-state index contributed by atoms with van der Waals surface area (Å²) < 4.78 is 6.94. The first-order valence-electron chi connectivity index (χ1n) is 8.18. The first-order valence-corrected chi connectivity index (χ1v) is 8.97. The molecule has 2 aromatic rings. The third kappa shape index (κ3) is 5.06. The Labute approximate surface area is 146 Å². The molecule has 1 unspecified atom stereocenters. The fraction of sp³-hybridized carbons (Fsp3) is 0.368. The van der Waals surface area contributed by atoms with Crippen LogP contribution in [0.4, 0.5) is 0 Å². The van der Waals surface area contributed by atoms with Crippen LogP contribution in [0.2, 0.25) is 0 Å². The predicted octanol–water partition coefficient (Wildman–Crippen LogP) is 3.73. The summed E-state index contributed by atoms with van der Waals surface area (Å²) in [5, 5.41) is 6.94. The Balaban J connectivity index is 1.44. The molecule has 0 aromatic heterocycles. The summed E-state index contributed by atoms with van der Waals surface area (Å²) in [4.78, 5) is 0. The van der Waals surface area contributed by atoms with Crippen molar-refractivity contribution in [2.24, 2.45) is 5.92 Å². The van der Waals surface area contributed by atoms with E-state index in [1.165, 1.54) is 12.0 Å². The van der Waals surface area contributed by atoms with E-state index in [0.29, 0.717) is 6.61 Å². The smallest absolute Gasteiger partial charge is 0.119 e. The summed E-state index contributed by atoms with van der Waals surface area (Å²) in [5.74, 6) is 1.69. The second kappa shape index (κ2) is 8.48. The van der Waals surface area contributed by atoms with Crippen LogP contribution in [-0.2, 0) is 13.2 Å². The highest BCUT2D eigenvalue weighted by Gasteiger charge is 2.13. The fourth-order valence-corrected chi connectivity index (χ4v) is 3.19. The Morgan fingerprint density at radius 1 is 1.13 bits per heavy atom. The summed E-state index contributed by atoms with van der Waals surface area (Å²) >= 11 is 3.54. The first kappa shape index (κ1) is 16.5. The van der Waals surface area contributed by atoms with E-state index in [1.807, 2.05) is 30.3 Å². The lowest BCUT2D eigenvalue weighted by atomic mass is 10.1. The molecule has 0 radical (unpaired) electrons. The molecular formula is C19H23BrN2O. The van der Waals surface area contributed by atoms with E-state index in [0.717, 1.165) is 47.9 Å². The van der Waals surface area contributed by atoms with Crippen molar-refractivity contribution in [1.82, 2.24) is 10.6 Å². The lowest BCUT2D eigenvalue weighted by Crippen LogP contribution is -2.23. The van der Waals surface area contributed by atoms with Crippen molar-refractivity contribution in [3.8, 4) is 5.75 Å². The van der Waals surface area contributed by atoms with Crippen molar-refractivity contribution < 1.29 is 4.74 Å². The van der Waals surface area contributed by atoms with Gasteiger partial charge in [-0.3, -0.25) is 0 Å². The van der Waals surface area contributed by atoms with Crippen LogP contribution in [0.25, 0.3) is 0 Å². The topological polar surface area (TPSA) is 33.3 Å². The summed E-state index contributed by atoms with van der Waals surface area (Å²) in [6.45, 7) is 4.90. The molecule has 1 aliphatic heterocycles. The number of rotatable bonds is 7. The van der Waals surface area contributed by atoms with Gasteiger partial charge in [-0.25, -0.2) is 0 Å². The average Bonchev–Trinajstić information content (AvgIpc) is 3.09. The van der Waals surface area contributed by atoms with Crippen molar-refractivity contribution in [2.45, 2.75) is 19.6 Å². The second-order valence-corrected chi connectivity index (χ2v) is 6.87. The van der Waals surface area contributed by atoms with Crippen LogP contribution in [0.15, 0.2) is 53.0 Å². The van der Waals surface area contributed by atoms with E-state index in [2.05, 4.69) is 44.8 Å².